The van der Waals surface area contributed by atoms with Gasteiger partial charge in [0.2, 0.25) is 10.0 Å². The van der Waals surface area contributed by atoms with Crippen LogP contribution >= 0.6 is 0 Å². The number of carbonyl (C=O) groups excluding carboxylic acids is 1. The smallest absolute Gasteiger partial charge is 0.321 e. The Labute approximate surface area is 181 Å². The summed E-state index contributed by atoms with van der Waals surface area (Å²) < 4.78 is 40.7. The van der Waals surface area contributed by atoms with E-state index in [2.05, 4.69) is 19.9 Å². The number of hydrogen-bond donors (Lipinski definition) is 2. The van der Waals surface area contributed by atoms with Crippen molar-refractivity contribution in [1.29, 1.82) is 0 Å². The topological polar surface area (TPSA) is 94.6 Å². The molecule has 4 rings (SSSR count). The summed E-state index contributed by atoms with van der Waals surface area (Å²) >= 11 is 0. The summed E-state index contributed by atoms with van der Waals surface area (Å²) in [6, 6.07) is 7.88. The van der Waals surface area contributed by atoms with E-state index in [-0.39, 0.29) is 17.0 Å². The van der Waals surface area contributed by atoms with Gasteiger partial charge in [-0.25, -0.2) is 27.3 Å². The van der Waals surface area contributed by atoms with Crippen LogP contribution in [0.25, 0.3) is 0 Å². The molecular formula is C21H26FN5O3S. The van der Waals surface area contributed by atoms with E-state index in [4.69, 9.17) is 0 Å². The third-order valence-corrected chi connectivity index (χ3v) is 7.20. The fraction of sp³-hybridized carbons (Fsp3) is 0.429. The van der Waals surface area contributed by atoms with Crippen LogP contribution in [0.1, 0.15) is 25.7 Å². The van der Waals surface area contributed by atoms with Crippen molar-refractivity contribution < 1.29 is 17.6 Å². The zero-order valence-corrected chi connectivity index (χ0v) is 17.9. The largest absolute Gasteiger partial charge is 0.355 e. The molecule has 2 N–H and O–H groups in total. The summed E-state index contributed by atoms with van der Waals surface area (Å²) in [6.07, 6.45) is 4.96. The summed E-state index contributed by atoms with van der Waals surface area (Å²) in [5, 5.41) is 2.96. The number of sulfonamides is 1. The van der Waals surface area contributed by atoms with E-state index in [0.29, 0.717) is 31.6 Å². The predicted octanol–water partition coefficient (Wildman–Crippen LogP) is 2.80. The first-order valence-corrected chi connectivity index (χ1v) is 11.9. The van der Waals surface area contributed by atoms with Crippen molar-refractivity contribution in [2.24, 2.45) is 0 Å². The minimum atomic E-state index is -3.73. The monoisotopic (exact) mass is 447 g/mol. The van der Waals surface area contributed by atoms with E-state index in [9.17, 15) is 17.6 Å². The number of urea groups is 1. The number of benzene rings is 1. The number of rotatable bonds is 5. The molecule has 166 valence electrons. The molecule has 0 aliphatic carbocycles. The quantitative estimate of drug-likeness (QED) is 0.735. The predicted molar refractivity (Wildman–Crippen MR) is 116 cm³/mol. The van der Waals surface area contributed by atoms with Gasteiger partial charge in [-0.15, -0.1) is 0 Å². The molecule has 0 saturated carbocycles. The Morgan fingerprint density at radius 2 is 1.71 bits per heavy atom. The Hall–Kier alpha value is -2.72. The number of hydrogen-bond acceptors (Lipinski definition) is 5. The van der Waals surface area contributed by atoms with E-state index in [0.717, 1.165) is 43.9 Å². The lowest BCUT2D eigenvalue weighted by molar-refractivity contribution is 0.193. The number of anilines is 2. The van der Waals surface area contributed by atoms with Crippen molar-refractivity contribution in [3.05, 3.63) is 48.4 Å². The SMILES string of the molecule is O=C(Nc1cccnc1N1CCCC1)N1CCC(NS(=O)(=O)c2ccc(F)cc2)CC1. The second-order valence-corrected chi connectivity index (χ2v) is 9.55. The van der Waals surface area contributed by atoms with Crippen LogP contribution in [0.4, 0.5) is 20.7 Å². The van der Waals surface area contributed by atoms with E-state index < -0.39 is 15.8 Å². The zero-order valence-electron chi connectivity index (χ0n) is 17.1. The van der Waals surface area contributed by atoms with Crippen LogP contribution in [0.2, 0.25) is 0 Å². The van der Waals surface area contributed by atoms with Crippen molar-refractivity contribution in [3.8, 4) is 0 Å². The molecule has 3 heterocycles. The Kier molecular flexibility index (Phi) is 6.38. The number of carbonyl (C=O) groups is 1. The third-order valence-electron chi connectivity index (χ3n) is 5.66. The van der Waals surface area contributed by atoms with Crippen molar-refractivity contribution in [2.45, 2.75) is 36.6 Å². The fourth-order valence-corrected chi connectivity index (χ4v) is 5.28. The molecule has 2 aromatic rings. The molecule has 0 radical (unpaired) electrons. The van der Waals surface area contributed by atoms with Crippen molar-refractivity contribution in [1.82, 2.24) is 14.6 Å². The van der Waals surface area contributed by atoms with Crippen LogP contribution in [0.3, 0.4) is 0 Å². The Morgan fingerprint density at radius 1 is 1.03 bits per heavy atom. The van der Waals surface area contributed by atoms with Crippen LogP contribution in [0.15, 0.2) is 47.5 Å². The van der Waals surface area contributed by atoms with Crippen LogP contribution in [-0.2, 0) is 10.0 Å². The van der Waals surface area contributed by atoms with Crippen LogP contribution < -0.4 is 14.9 Å². The summed E-state index contributed by atoms with van der Waals surface area (Å²) in [7, 11) is -3.73. The van der Waals surface area contributed by atoms with Gasteiger partial charge in [-0.05, 0) is 62.1 Å². The molecule has 2 aliphatic rings. The number of halogens is 1. The van der Waals surface area contributed by atoms with Crippen molar-refractivity contribution in [3.63, 3.8) is 0 Å². The highest BCUT2D eigenvalue weighted by Gasteiger charge is 2.27. The van der Waals surface area contributed by atoms with Crippen LogP contribution in [0, 0.1) is 5.82 Å². The molecule has 0 spiro atoms. The second kappa shape index (κ2) is 9.19. The zero-order chi connectivity index (χ0) is 21.8. The number of nitrogens with one attached hydrogen (secondary N) is 2. The minimum Gasteiger partial charge on any atom is -0.355 e. The molecule has 0 unspecified atom stereocenters. The number of pyridine rings is 1. The lowest BCUT2D eigenvalue weighted by Crippen LogP contribution is -2.47. The number of piperidine rings is 1. The molecule has 2 aliphatic heterocycles. The maximum Gasteiger partial charge on any atom is 0.321 e. The van der Waals surface area contributed by atoms with Gasteiger partial charge in [-0.3, -0.25) is 0 Å². The molecule has 1 aromatic heterocycles. The number of amides is 2. The van der Waals surface area contributed by atoms with Crippen LogP contribution in [-0.4, -0.2) is 56.6 Å². The maximum absolute atomic E-state index is 13.1. The Morgan fingerprint density at radius 3 is 2.39 bits per heavy atom. The molecule has 2 fully saturated rings. The van der Waals surface area contributed by atoms with Crippen molar-refractivity contribution in [2.75, 3.05) is 36.4 Å². The Bertz CT molecular complexity index is 1020. The number of aromatic nitrogens is 1. The van der Waals surface area contributed by atoms with Gasteiger partial charge in [0.25, 0.3) is 0 Å². The summed E-state index contributed by atoms with van der Waals surface area (Å²) in [4.78, 5) is 21.1. The maximum atomic E-state index is 13.1. The van der Waals surface area contributed by atoms with Gasteiger partial charge in [0.1, 0.15) is 5.82 Å². The normalized spacial score (nSPS) is 17.7. The average Bonchev–Trinajstić information content (AvgIpc) is 3.29. The summed E-state index contributed by atoms with van der Waals surface area (Å²) in [5.74, 6) is 0.301. The highest BCUT2D eigenvalue weighted by molar-refractivity contribution is 7.89. The first-order chi connectivity index (χ1) is 14.9. The van der Waals surface area contributed by atoms with Gasteiger partial charge in [0.05, 0.1) is 10.6 Å². The molecule has 0 bridgehead atoms. The lowest BCUT2D eigenvalue weighted by atomic mass is 10.1. The summed E-state index contributed by atoms with van der Waals surface area (Å²) in [5.41, 5.74) is 0.688. The van der Waals surface area contributed by atoms with E-state index in [1.807, 2.05) is 6.07 Å². The molecule has 0 atom stereocenters. The van der Waals surface area contributed by atoms with Gasteiger partial charge in [-0.1, -0.05) is 0 Å². The van der Waals surface area contributed by atoms with Crippen LogP contribution in [0.5, 0.6) is 0 Å². The van der Waals surface area contributed by atoms with E-state index in [1.54, 1.807) is 17.2 Å². The molecule has 31 heavy (non-hydrogen) atoms. The highest BCUT2D eigenvalue weighted by Crippen LogP contribution is 2.26. The number of nitrogens with zero attached hydrogens (tertiary/aromatic N) is 3. The third kappa shape index (κ3) is 5.13. The van der Waals surface area contributed by atoms with Gasteiger partial charge in [0.15, 0.2) is 5.82 Å². The van der Waals surface area contributed by atoms with Gasteiger partial charge in [-0.2, -0.15) is 0 Å². The van der Waals surface area contributed by atoms with Gasteiger partial charge >= 0.3 is 6.03 Å². The fourth-order valence-electron chi connectivity index (χ4n) is 3.97. The molecule has 1 aromatic carbocycles. The Balaban J connectivity index is 1.33. The summed E-state index contributed by atoms with van der Waals surface area (Å²) in [6.45, 7) is 2.72. The van der Waals surface area contributed by atoms with E-state index >= 15 is 0 Å². The lowest BCUT2D eigenvalue weighted by Gasteiger charge is -2.32. The molecule has 2 amide bonds. The molecule has 8 nitrogen and oxygen atoms in total. The van der Waals surface area contributed by atoms with E-state index in [1.165, 1.54) is 12.1 Å². The highest BCUT2D eigenvalue weighted by atomic mass is 32.2. The number of likely N-dealkylation sites (tertiary alicyclic amines) is 1. The average molecular weight is 448 g/mol. The second-order valence-electron chi connectivity index (χ2n) is 7.84. The molecule has 10 heteroatoms. The van der Waals surface area contributed by atoms with Crippen molar-refractivity contribution >= 4 is 27.6 Å². The molecule has 2 saturated heterocycles. The molecular weight excluding hydrogens is 421 g/mol. The first kappa shape index (κ1) is 21.5. The first-order valence-electron chi connectivity index (χ1n) is 10.5. The van der Waals surface area contributed by atoms with Gasteiger partial charge in [0, 0.05) is 38.4 Å². The van der Waals surface area contributed by atoms with Gasteiger partial charge < -0.3 is 15.1 Å². The minimum absolute atomic E-state index is 0.0279. The standard InChI is InChI=1S/C21H26FN5O3S/c22-16-5-7-18(8-6-16)31(29,30)25-17-9-14-27(15-10-17)21(28)24-19-4-3-11-23-20(19)26-12-1-2-13-26/h3-8,11,17,25H,1-2,9-10,12-15H2,(H,24,28).